The first kappa shape index (κ1) is 8.27. The number of aromatic amines is 1. The van der Waals surface area contributed by atoms with Crippen molar-refractivity contribution < 1.29 is 4.79 Å². The van der Waals surface area contributed by atoms with Gasteiger partial charge in [-0.05, 0) is 5.92 Å². The highest BCUT2D eigenvalue weighted by molar-refractivity contribution is 5.92. The molecule has 2 N–H and O–H groups in total. The maximum atomic E-state index is 10.5. The molecule has 0 unspecified atom stereocenters. The minimum absolute atomic E-state index is 0.408. The highest BCUT2D eigenvalue weighted by atomic mass is 16.1. The van der Waals surface area contributed by atoms with E-state index in [4.69, 9.17) is 6.42 Å². The number of amides is 1. The molecule has 0 aliphatic heterocycles. The van der Waals surface area contributed by atoms with E-state index in [1.54, 1.807) is 0 Å². The highest BCUT2D eigenvalue weighted by Crippen LogP contribution is 1.84. The Bertz CT molecular complexity index is 285. The van der Waals surface area contributed by atoms with Crippen molar-refractivity contribution in [3.8, 4) is 12.3 Å². The maximum Gasteiger partial charge on any atom is 0.295 e. The van der Waals surface area contributed by atoms with Crippen LogP contribution in [0.5, 0.6) is 0 Å². The van der Waals surface area contributed by atoms with Crippen molar-refractivity contribution in [2.75, 3.05) is 6.54 Å². The lowest BCUT2D eigenvalue weighted by molar-refractivity contribution is -0.115. The Kier molecular flexibility index (Phi) is 2.85. The molecule has 0 aromatic carbocycles. The molecule has 12 heavy (non-hydrogen) atoms. The number of terminal acetylenes is 1. The quantitative estimate of drug-likeness (QED) is 0.568. The van der Waals surface area contributed by atoms with Crippen LogP contribution in [-0.4, -0.2) is 27.6 Å². The summed E-state index contributed by atoms with van der Waals surface area (Å²) in [7, 11) is 0. The molecule has 1 aromatic rings. The largest absolute Gasteiger partial charge is 0.345 e. The van der Waals surface area contributed by atoms with E-state index in [9.17, 15) is 4.79 Å². The molecule has 0 spiro atoms. The van der Waals surface area contributed by atoms with E-state index in [1.165, 1.54) is 6.33 Å². The molecule has 5 heteroatoms. The van der Waals surface area contributed by atoms with Gasteiger partial charge in [-0.25, -0.2) is 4.98 Å². The molecule has 1 amide bonds. The van der Waals surface area contributed by atoms with Gasteiger partial charge in [-0.15, -0.1) is 6.42 Å². The lowest BCUT2D eigenvalue weighted by Gasteiger charge is -1.96. The van der Waals surface area contributed by atoms with E-state index in [2.05, 4.69) is 20.5 Å². The number of aromatic nitrogens is 3. The Balaban J connectivity index is 2.20. The first-order valence-electron chi connectivity index (χ1n) is 3.41. The average Bonchev–Trinajstić information content (AvgIpc) is 2.57. The van der Waals surface area contributed by atoms with Crippen LogP contribution in [0, 0.1) is 12.3 Å². The molecule has 0 aliphatic rings. The van der Waals surface area contributed by atoms with Gasteiger partial charge in [0.05, 0.1) is 0 Å². The second-order valence-electron chi connectivity index (χ2n) is 2.08. The summed E-state index contributed by atoms with van der Waals surface area (Å²) in [5.41, 5.74) is 0. The van der Waals surface area contributed by atoms with Crippen molar-refractivity contribution in [2.45, 2.75) is 6.42 Å². The molecule has 0 atom stereocenters. The number of hydrogen-bond donors (Lipinski definition) is 2. The van der Waals surface area contributed by atoms with Crippen LogP contribution in [0.25, 0.3) is 0 Å². The van der Waals surface area contributed by atoms with Gasteiger partial charge >= 0.3 is 0 Å². The lowest BCUT2D eigenvalue weighted by atomic mass is 10.4. The summed E-state index contributed by atoms with van der Waals surface area (Å²) < 4.78 is 0. The second-order valence-corrected chi connectivity index (χ2v) is 2.08. The topological polar surface area (TPSA) is 70.7 Å². The number of H-pyrrole nitrogens is 1. The van der Waals surface area contributed by atoms with Gasteiger partial charge in [-0.3, -0.25) is 9.89 Å². The lowest BCUT2D eigenvalue weighted by Crippen LogP contribution is -2.24. The normalized spacial score (nSPS) is 8.92. The maximum absolute atomic E-state index is 10.5. The molecule has 0 bridgehead atoms. The summed E-state index contributed by atoms with van der Waals surface area (Å²) in [5, 5.41) is 8.82. The van der Waals surface area contributed by atoms with E-state index >= 15 is 0 Å². The zero-order valence-corrected chi connectivity index (χ0v) is 6.37. The number of carbonyl (C=O) groups excluding carboxylic acids is 1. The summed E-state index contributed by atoms with van der Waals surface area (Å²) in [6, 6.07) is 0. The number of rotatable bonds is 3. The van der Waals surface area contributed by atoms with Crippen molar-refractivity contribution >= 4 is 5.91 Å². The molecular weight excluding hydrogens is 156 g/mol. The molecule has 0 fully saturated rings. The first-order chi connectivity index (χ1) is 5.83. The van der Waals surface area contributed by atoms with Crippen molar-refractivity contribution in [1.82, 2.24) is 20.5 Å². The molecule has 1 aromatic heterocycles. The summed E-state index contributed by atoms with van der Waals surface area (Å²) in [4.78, 5) is 14.4. The van der Waals surface area contributed by atoms with Crippen LogP contribution in [0.2, 0.25) is 0 Å². The van der Waals surface area contributed by atoms with Crippen LogP contribution >= 0.6 is 0 Å². The zero-order valence-electron chi connectivity index (χ0n) is 6.37. The Labute approximate surface area is 69.6 Å². The smallest absolute Gasteiger partial charge is 0.295 e. The van der Waals surface area contributed by atoms with Gasteiger partial charge in [-0.1, -0.05) is 0 Å². The van der Waals surface area contributed by atoms with E-state index in [1.807, 2.05) is 5.92 Å². The number of hydrogen-bond acceptors (Lipinski definition) is 3. The molecule has 0 aliphatic carbocycles. The zero-order chi connectivity index (χ0) is 8.81. The van der Waals surface area contributed by atoms with Gasteiger partial charge < -0.3 is 5.32 Å². The predicted octanol–water partition coefficient (Wildman–Crippen LogP) is -0.903. The Morgan fingerprint density at radius 1 is 1.83 bits per heavy atom. The van der Waals surface area contributed by atoms with E-state index < -0.39 is 5.91 Å². The van der Waals surface area contributed by atoms with Crippen LogP contribution in [0.3, 0.4) is 0 Å². The van der Waals surface area contributed by atoms with E-state index in [0.717, 1.165) is 5.82 Å². The fraction of sp³-hybridized carbons (Fsp3) is 0.286. The van der Waals surface area contributed by atoms with Crippen molar-refractivity contribution in [3.63, 3.8) is 0 Å². The molecule has 1 heterocycles. The molecule has 62 valence electrons. The minimum Gasteiger partial charge on any atom is -0.345 e. The molecule has 0 saturated carbocycles. The number of carbonyl (C=O) groups is 1. The fourth-order valence-electron chi connectivity index (χ4n) is 0.697. The van der Waals surface area contributed by atoms with Gasteiger partial charge in [0.1, 0.15) is 12.2 Å². The Hall–Kier alpha value is -1.83. The van der Waals surface area contributed by atoms with Crippen LogP contribution < -0.4 is 5.32 Å². The van der Waals surface area contributed by atoms with Crippen molar-refractivity contribution in [3.05, 3.63) is 12.2 Å². The minimum atomic E-state index is -0.408. The number of nitrogens with zero attached hydrogens (tertiary/aromatic N) is 2. The van der Waals surface area contributed by atoms with Gasteiger partial charge in [0.15, 0.2) is 0 Å². The summed E-state index contributed by atoms with van der Waals surface area (Å²) in [6.45, 7) is 0.470. The molecule has 1 rings (SSSR count). The third-order valence-corrected chi connectivity index (χ3v) is 1.24. The third kappa shape index (κ3) is 2.42. The van der Waals surface area contributed by atoms with Gasteiger partial charge in [0.2, 0.25) is 0 Å². The average molecular weight is 164 g/mol. The molecular formula is C7H8N4O. The fourth-order valence-corrected chi connectivity index (χ4v) is 0.697. The summed E-state index contributed by atoms with van der Waals surface area (Å²) >= 11 is 0. The Morgan fingerprint density at radius 3 is 3.25 bits per heavy atom. The SMILES string of the molecule is C#CC(=O)NCCc1ncn[nH]1. The molecule has 0 saturated heterocycles. The second kappa shape index (κ2) is 4.13. The van der Waals surface area contributed by atoms with Crippen molar-refractivity contribution in [2.24, 2.45) is 0 Å². The third-order valence-electron chi connectivity index (χ3n) is 1.24. The number of nitrogens with one attached hydrogen (secondary N) is 2. The van der Waals surface area contributed by atoms with Gasteiger partial charge in [-0.2, -0.15) is 5.10 Å². The standard InChI is InChI=1S/C7H8N4O/c1-2-7(12)8-4-3-6-9-5-10-11-6/h1,5H,3-4H2,(H,8,12)(H,9,10,11). The Morgan fingerprint density at radius 2 is 2.67 bits per heavy atom. The van der Waals surface area contributed by atoms with E-state index in [0.29, 0.717) is 13.0 Å². The summed E-state index contributed by atoms with van der Waals surface area (Å²) in [5.74, 6) is 2.27. The van der Waals surface area contributed by atoms with Crippen LogP contribution in [0.15, 0.2) is 6.33 Å². The van der Waals surface area contributed by atoms with Gasteiger partial charge in [0.25, 0.3) is 5.91 Å². The molecule has 0 radical (unpaired) electrons. The summed E-state index contributed by atoms with van der Waals surface area (Å²) in [6.07, 6.45) is 6.85. The monoisotopic (exact) mass is 164 g/mol. The van der Waals surface area contributed by atoms with Gasteiger partial charge in [0, 0.05) is 13.0 Å². The first-order valence-corrected chi connectivity index (χ1v) is 3.41. The van der Waals surface area contributed by atoms with Crippen LogP contribution in [-0.2, 0) is 11.2 Å². The predicted molar refractivity (Wildman–Crippen MR) is 41.9 cm³/mol. The van der Waals surface area contributed by atoms with Crippen LogP contribution in [0.1, 0.15) is 5.82 Å². The van der Waals surface area contributed by atoms with Crippen LogP contribution in [0.4, 0.5) is 0 Å². The van der Waals surface area contributed by atoms with E-state index in [-0.39, 0.29) is 0 Å². The molecule has 5 nitrogen and oxygen atoms in total. The highest BCUT2D eigenvalue weighted by Gasteiger charge is 1.96. The van der Waals surface area contributed by atoms with Crippen molar-refractivity contribution in [1.29, 1.82) is 0 Å².